The summed E-state index contributed by atoms with van der Waals surface area (Å²) < 4.78 is 33.2. The molecular weight excluding hydrogens is 488 g/mol. The minimum Gasteiger partial charge on any atom is -0.335 e. The van der Waals surface area contributed by atoms with Crippen LogP contribution in [0.25, 0.3) is 0 Å². The van der Waals surface area contributed by atoms with Crippen molar-refractivity contribution in [1.82, 2.24) is 38.5 Å². The molecule has 3 aromatic rings. The maximum Gasteiger partial charge on any atom is 0.274 e. The van der Waals surface area contributed by atoms with Crippen molar-refractivity contribution in [2.75, 3.05) is 26.2 Å². The van der Waals surface area contributed by atoms with Crippen LogP contribution in [0.5, 0.6) is 0 Å². The standard InChI is InChI=1S/C18H23BrN8O3S/c1-3-24-12-17(14(2)21-24)31(29,30)27-8-6-23(7-9-27)18(28)16-4-5-25(22-16)13-26-11-15(19)10-20-26/h4-5,10-12H,3,6-9,13H2,1-2H3. The molecule has 0 bridgehead atoms. The van der Waals surface area contributed by atoms with Gasteiger partial charge >= 0.3 is 0 Å². The lowest BCUT2D eigenvalue weighted by Gasteiger charge is -2.33. The highest BCUT2D eigenvalue weighted by molar-refractivity contribution is 9.10. The zero-order chi connectivity index (χ0) is 22.2. The van der Waals surface area contributed by atoms with Crippen LogP contribution in [0.4, 0.5) is 0 Å². The summed E-state index contributed by atoms with van der Waals surface area (Å²) in [6.45, 7) is 5.65. The lowest BCUT2D eigenvalue weighted by atomic mass is 10.3. The molecule has 0 spiro atoms. The van der Waals surface area contributed by atoms with E-state index in [0.29, 0.717) is 37.7 Å². The van der Waals surface area contributed by atoms with Crippen LogP contribution in [0.15, 0.2) is 40.2 Å². The first-order valence-corrected chi connectivity index (χ1v) is 12.1. The molecule has 11 nitrogen and oxygen atoms in total. The molecule has 0 radical (unpaired) electrons. The van der Waals surface area contributed by atoms with Crippen molar-refractivity contribution in [2.24, 2.45) is 0 Å². The van der Waals surface area contributed by atoms with Gasteiger partial charge in [-0.05, 0) is 35.8 Å². The quantitative estimate of drug-likeness (QED) is 0.489. The van der Waals surface area contributed by atoms with Crippen molar-refractivity contribution in [3.05, 3.63) is 46.7 Å². The van der Waals surface area contributed by atoms with Gasteiger partial charge < -0.3 is 4.90 Å². The van der Waals surface area contributed by atoms with E-state index in [2.05, 4.69) is 31.2 Å². The molecule has 1 saturated heterocycles. The first-order valence-electron chi connectivity index (χ1n) is 9.83. The van der Waals surface area contributed by atoms with Crippen LogP contribution >= 0.6 is 15.9 Å². The number of hydrogen-bond donors (Lipinski definition) is 0. The molecule has 1 fully saturated rings. The molecule has 1 aliphatic rings. The molecule has 31 heavy (non-hydrogen) atoms. The van der Waals surface area contributed by atoms with Crippen LogP contribution in [0, 0.1) is 6.92 Å². The van der Waals surface area contributed by atoms with Crippen molar-refractivity contribution in [1.29, 1.82) is 0 Å². The van der Waals surface area contributed by atoms with E-state index in [1.54, 1.807) is 50.5 Å². The van der Waals surface area contributed by atoms with Gasteiger partial charge in [-0.15, -0.1) is 0 Å². The molecule has 13 heteroatoms. The average molecular weight is 511 g/mol. The number of carbonyl (C=O) groups is 1. The second kappa shape index (κ2) is 8.55. The molecule has 4 heterocycles. The first-order chi connectivity index (χ1) is 14.8. The SMILES string of the molecule is CCn1cc(S(=O)(=O)N2CCN(C(=O)c3ccn(Cn4cc(Br)cn4)n3)CC2)c(C)n1. The van der Waals surface area contributed by atoms with Crippen LogP contribution in [0.2, 0.25) is 0 Å². The monoisotopic (exact) mass is 510 g/mol. The maximum atomic E-state index is 13.0. The normalized spacial score (nSPS) is 15.5. The summed E-state index contributed by atoms with van der Waals surface area (Å²) in [4.78, 5) is 14.7. The van der Waals surface area contributed by atoms with E-state index in [4.69, 9.17) is 0 Å². The summed E-state index contributed by atoms with van der Waals surface area (Å²) in [6.07, 6.45) is 6.78. The van der Waals surface area contributed by atoms with Crippen molar-refractivity contribution in [3.8, 4) is 0 Å². The smallest absolute Gasteiger partial charge is 0.274 e. The van der Waals surface area contributed by atoms with Gasteiger partial charge in [-0.25, -0.2) is 13.1 Å². The van der Waals surface area contributed by atoms with E-state index in [9.17, 15) is 13.2 Å². The fourth-order valence-corrected chi connectivity index (χ4v) is 5.39. The lowest BCUT2D eigenvalue weighted by molar-refractivity contribution is 0.0691. The molecular formula is C18H23BrN8O3S. The molecule has 4 rings (SSSR count). The minimum absolute atomic E-state index is 0.215. The number of aryl methyl sites for hydroxylation is 2. The molecule has 0 N–H and O–H groups in total. The average Bonchev–Trinajstić information content (AvgIpc) is 3.48. The summed E-state index contributed by atoms with van der Waals surface area (Å²) in [5, 5.41) is 12.7. The Morgan fingerprint density at radius 2 is 1.84 bits per heavy atom. The number of piperazine rings is 1. The number of halogens is 1. The third-order valence-electron chi connectivity index (χ3n) is 5.12. The number of amides is 1. The van der Waals surface area contributed by atoms with Crippen LogP contribution in [-0.2, 0) is 23.2 Å². The third-order valence-corrected chi connectivity index (χ3v) is 7.53. The van der Waals surface area contributed by atoms with Gasteiger partial charge in [0.05, 0.1) is 16.4 Å². The van der Waals surface area contributed by atoms with Gasteiger partial charge in [0.15, 0.2) is 0 Å². The molecule has 0 aromatic carbocycles. The predicted molar refractivity (Wildman–Crippen MR) is 115 cm³/mol. The zero-order valence-corrected chi connectivity index (χ0v) is 19.6. The summed E-state index contributed by atoms with van der Waals surface area (Å²) >= 11 is 3.34. The minimum atomic E-state index is -3.65. The summed E-state index contributed by atoms with van der Waals surface area (Å²) in [7, 11) is -3.65. The van der Waals surface area contributed by atoms with Gasteiger partial charge in [-0.3, -0.25) is 14.2 Å². The molecule has 0 atom stereocenters. The van der Waals surface area contributed by atoms with Gasteiger partial charge in [0.2, 0.25) is 10.0 Å². The van der Waals surface area contributed by atoms with Gasteiger partial charge in [-0.2, -0.15) is 19.6 Å². The Morgan fingerprint density at radius 1 is 1.10 bits per heavy atom. The van der Waals surface area contributed by atoms with Crippen LogP contribution in [0.3, 0.4) is 0 Å². The summed E-state index contributed by atoms with van der Waals surface area (Å²) in [5.41, 5.74) is 0.803. The number of hydrogen-bond acceptors (Lipinski definition) is 6. The van der Waals surface area contributed by atoms with E-state index < -0.39 is 10.0 Å². The number of rotatable bonds is 6. The number of carbonyl (C=O) groups excluding carboxylic acids is 1. The van der Waals surface area contributed by atoms with Gasteiger partial charge in [0.25, 0.3) is 5.91 Å². The Hall–Kier alpha value is -2.51. The van der Waals surface area contributed by atoms with Crippen molar-refractivity contribution in [3.63, 3.8) is 0 Å². The van der Waals surface area contributed by atoms with E-state index in [0.717, 1.165) is 4.47 Å². The van der Waals surface area contributed by atoms with Crippen molar-refractivity contribution < 1.29 is 13.2 Å². The Balaban J connectivity index is 1.39. The topological polar surface area (TPSA) is 111 Å². The van der Waals surface area contributed by atoms with Gasteiger partial charge in [-0.1, -0.05) is 0 Å². The highest BCUT2D eigenvalue weighted by Crippen LogP contribution is 2.21. The van der Waals surface area contributed by atoms with Gasteiger partial charge in [0.1, 0.15) is 17.3 Å². The highest BCUT2D eigenvalue weighted by Gasteiger charge is 2.33. The molecule has 3 aromatic heterocycles. The van der Waals surface area contributed by atoms with E-state index >= 15 is 0 Å². The Bertz CT molecular complexity index is 1190. The van der Waals surface area contributed by atoms with Gasteiger partial charge in [0, 0.05) is 51.3 Å². The van der Waals surface area contributed by atoms with Crippen molar-refractivity contribution in [2.45, 2.75) is 32.0 Å². The zero-order valence-electron chi connectivity index (χ0n) is 17.2. The third kappa shape index (κ3) is 4.43. The van der Waals surface area contributed by atoms with Crippen LogP contribution in [0.1, 0.15) is 23.1 Å². The Labute approximate surface area is 188 Å². The number of nitrogens with zero attached hydrogens (tertiary/aromatic N) is 8. The second-order valence-electron chi connectivity index (χ2n) is 7.21. The fraction of sp³-hybridized carbons (Fsp3) is 0.444. The Kier molecular flexibility index (Phi) is 5.99. The first kappa shape index (κ1) is 21.7. The fourth-order valence-electron chi connectivity index (χ4n) is 3.47. The van der Waals surface area contributed by atoms with Crippen molar-refractivity contribution >= 4 is 31.9 Å². The molecule has 0 aliphatic carbocycles. The largest absolute Gasteiger partial charge is 0.335 e. The van der Waals surface area contributed by atoms with E-state index in [-0.39, 0.29) is 23.9 Å². The molecule has 1 aliphatic heterocycles. The number of sulfonamides is 1. The summed E-state index contributed by atoms with van der Waals surface area (Å²) in [5.74, 6) is -0.215. The van der Waals surface area contributed by atoms with Crippen LogP contribution < -0.4 is 0 Å². The molecule has 166 valence electrons. The lowest BCUT2D eigenvalue weighted by Crippen LogP contribution is -2.50. The maximum absolute atomic E-state index is 13.0. The molecule has 0 saturated carbocycles. The van der Waals surface area contributed by atoms with Crippen LogP contribution in [-0.4, -0.2) is 79.1 Å². The highest BCUT2D eigenvalue weighted by atomic mass is 79.9. The second-order valence-corrected chi connectivity index (χ2v) is 10.0. The molecule has 1 amide bonds. The van der Waals surface area contributed by atoms with E-state index in [1.807, 2.05) is 13.1 Å². The number of aromatic nitrogens is 6. The van der Waals surface area contributed by atoms with E-state index in [1.165, 1.54) is 4.31 Å². The summed E-state index contributed by atoms with van der Waals surface area (Å²) in [6, 6.07) is 1.66. The Morgan fingerprint density at radius 3 is 2.45 bits per heavy atom. The predicted octanol–water partition coefficient (Wildman–Crippen LogP) is 1.02. The molecule has 0 unspecified atom stereocenters.